The van der Waals surface area contributed by atoms with Gasteiger partial charge in [0.25, 0.3) is 0 Å². The van der Waals surface area contributed by atoms with Crippen LogP contribution >= 0.6 is 0 Å². The molecule has 15 heteroatoms. The summed E-state index contributed by atoms with van der Waals surface area (Å²) in [5.74, 6) is 7.17. The number of benzene rings is 20. The monoisotopic (exact) mass is 1870 g/mol. The van der Waals surface area contributed by atoms with E-state index in [9.17, 15) is 0 Å². The fourth-order valence-electron chi connectivity index (χ4n) is 20.9. The molecule has 0 saturated carbocycles. The highest BCUT2D eigenvalue weighted by molar-refractivity contribution is 6.30. The maximum Gasteiger partial charge on any atom is 0.182 e. The van der Waals surface area contributed by atoms with Gasteiger partial charge < -0.3 is 9.13 Å². The van der Waals surface area contributed by atoms with Crippen LogP contribution in [0.5, 0.6) is 0 Å². The summed E-state index contributed by atoms with van der Waals surface area (Å²) in [6.45, 7) is 0. The van der Waals surface area contributed by atoms with Crippen LogP contribution in [0.1, 0.15) is 0 Å². The molecule has 0 bridgehead atoms. The van der Waals surface area contributed by atoms with Gasteiger partial charge in [0.1, 0.15) is 17.3 Å². The van der Waals surface area contributed by atoms with Gasteiger partial charge >= 0.3 is 0 Å². The van der Waals surface area contributed by atoms with E-state index in [2.05, 4.69) is 322 Å². The molecule has 9 heterocycles. The van der Waals surface area contributed by atoms with Gasteiger partial charge in [0.15, 0.2) is 52.4 Å². The topological polar surface area (TPSA) is 162 Å². The van der Waals surface area contributed by atoms with Crippen molar-refractivity contribution >= 4 is 130 Å². The first-order valence-electron chi connectivity index (χ1n) is 48.9. The molecule has 0 atom stereocenters. The Hall–Kier alpha value is -20.0. The van der Waals surface area contributed by atoms with E-state index < -0.39 is 0 Å². The number of hydrogen-bond donors (Lipinski definition) is 0. The number of fused-ring (bicyclic) bond motifs is 20. The summed E-state index contributed by atoms with van der Waals surface area (Å²) in [7, 11) is 0. The van der Waals surface area contributed by atoms with E-state index in [0.717, 1.165) is 106 Å². The standard InChI is InChI=1S/C47H30N4.C44H28N6.C40H25N5/c1-3-13-35(14-4-1)45-48-46(36-15-5-2-6-16-36)50-47(49-45)37-21-19-31(20-22-37)32-23-27-38(28-24-32)51-41-29-25-33-11-7-9-17-39(33)43(41)44-40-18-10-8-12-34(40)26-30-42(44)51;1-4-15-29(16-5-1)42-46-43(30-17-6-2-7-18-30)48-44(47-42)36-23-14-26-41(45-36)50-38-25-13-11-22-33(38)35-27-34-32-21-10-12-24-37(32)49(39(34)28-40(35)50)31-19-8-3-9-20-31;1-3-13-28(14-4-1)38-42-39(29-15-5-2-6-16-29)44-40(43-38)30-21-24-35(41-25-30)45-33-22-19-26-11-7-9-17-31(26)36(33)37-32-18-10-8-12-27(32)20-23-34(37)45/h1-30H;1-28H;1-25H. The van der Waals surface area contributed by atoms with Crippen molar-refractivity contribution in [1.29, 1.82) is 0 Å². The molecular weight excluding hydrogens is 1780 g/mol. The quantitative estimate of drug-likeness (QED) is 0.102. The third kappa shape index (κ3) is 15.3. The number of hydrogen-bond acceptors (Lipinski definition) is 11. The first kappa shape index (κ1) is 85.2. The number of rotatable bonds is 14. The summed E-state index contributed by atoms with van der Waals surface area (Å²) in [5, 5.41) is 19.8. The third-order valence-corrected chi connectivity index (χ3v) is 27.7. The lowest BCUT2D eigenvalue weighted by Crippen LogP contribution is -2.03. The van der Waals surface area contributed by atoms with Crippen molar-refractivity contribution in [2.75, 3.05) is 0 Å². The Kier molecular flexibility index (Phi) is 21.2. The van der Waals surface area contributed by atoms with Crippen molar-refractivity contribution in [2.24, 2.45) is 0 Å². The molecule has 0 unspecified atom stereocenters. The fraction of sp³-hybridized carbons (Fsp3) is 0. The van der Waals surface area contributed by atoms with Crippen LogP contribution in [0.25, 0.3) is 267 Å². The Morgan fingerprint density at radius 3 is 0.788 bits per heavy atom. The largest absolute Gasteiger partial charge is 0.309 e. The van der Waals surface area contributed by atoms with E-state index >= 15 is 0 Å². The van der Waals surface area contributed by atoms with Gasteiger partial charge in [-0.1, -0.05) is 400 Å². The molecule has 0 amide bonds. The second-order valence-corrected chi connectivity index (χ2v) is 36.3. The van der Waals surface area contributed by atoms with Crippen molar-refractivity contribution in [2.45, 2.75) is 0 Å². The summed E-state index contributed by atoms with van der Waals surface area (Å²) in [6.07, 6.45) is 1.87. The van der Waals surface area contributed by atoms with Crippen molar-refractivity contribution in [1.82, 2.24) is 73.1 Å². The average molecular weight is 1870 g/mol. The van der Waals surface area contributed by atoms with Crippen LogP contribution in [0.4, 0.5) is 0 Å². The smallest absolute Gasteiger partial charge is 0.182 e. The molecule has 0 aliphatic rings. The lowest BCUT2D eigenvalue weighted by Gasteiger charge is -2.11. The molecule has 0 spiro atoms. The van der Waals surface area contributed by atoms with Crippen LogP contribution in [0.2, 0.25) is 0 Å². The lowest BCUT2D eigenvalue weighted by atomic mass is 10.00. The first-order chi connectivity index (χ1) is 72.4. The highest BCUT2D eigenvalue weighted by atomic mass is 15.1. The lowest BCUT2D eigenvalue weighted by molar-refractivity contribution is 1.03. The summed E-state index contributed by atoms with van der Waals surface area (Å²) < 4.78 is 9.30. The average Bonchev–Trinajstić information content (AvgIpc) is 1.54. The normalized spacial score (nSPS) is 11.6. The van der Waals surface area contributed by atoms with E-state index in [1.54, 1.807) is 0 Å². The number of nitrogens with zero attached hydrogens (tertiary/aromatic N) is 15. The van der Waals surface area contributed by atoms with E-state index in [1.165, 1.54) is 103 Å². The van der Waals surface area contributed by atoms with Crippen molar-refractivity contribution in [3.63, 3.8) is 0 Å². The molecule has 9 aromatic heterocycles. The van der Waals surface area contributed by atoms with Gasteiger partial charge in [0.2, 0.25) is 0 Å². The Morgan fingerprint density at radius 2 is 0.411 bits per heavy atom. The van der Waals surface area contributed by atoms with Crippen LogP contribution in [-0.2, 0) is 0 Å². The molecule has 29 rings (SSSR count). The van der Waals surface area contributed by atoms with E-state index in [4.69, 9.17) is 54.8 Å². The third-order valence-electron chi connectivity index (χ3n) is 27.7. The minimum Gasteiger partial charge on any atom is -0.309 e. The van der Waals surface area contributed by atoms with Crippen LogP contribution in [-0.4, -0.2) is 73.1 Å². The Morgan fingerprint density at radius 1 is 0.137 bits per heavy atom. The van der Waals surface area contributed by atoms with Crippen LogP contribution in [0.15, 0.2) is 504 Å². The zero-order valence-corrected chi connectivity index (χ0v) is 78.6. The van der Waals surface area contributed by atoms with Gasteiger partial charge in [-0.2, -0.15) is 0 Å². The van der Waals surface area contributed by atoms with Gasteiger partial charge in [-0.15, -0.1) is 0 Å². The number of para-hydroxylation sites is 3. The second-order valence-electron chi connectivity index (χ2n) is 36.3. The molecule has 0 radical (unpaired) electrons. The Balaban J connectivity index is 0.000000109. The highest BCUT2D eigenvalue weighted by Gasteiger charge is 2.26. The minimum absolute atomic E-state index is 0.520. The molecule has 0 N–H and O–H groups in total. The molecule has 0 aliphatic carbocycles. The Bertz CT molecular complexity index is 9730. The van der Waals surface area contributed by atoms with E-state index in [-0.39, 0.29) is 0 Å². The zero-order valence-electron chi connectivity index (χ0n) is 78.6. The fourth-order valence-corrected chi connectivity index (χ4v) is 20.9. The molecule has 15 nitrogen and oxygen atoms in total. The van der Waals surface area contributed by atoms with Gasteiger partial charge in [-0.05, 0) is 151 Å². The molecule has 20 aromatic carbocycles. The maximum atomic E-state index is 5.26. The molecule has 0 aliphatic heterocycles. The second kappa shape index (κ2) is 36.3. The van der Waals surface area contributed by atoms with E-state index in [1.807, 2.05) is 200 Å². The van der Waals surface area contributed by atoms with Crippen molar-refractivity contribution in [3.8, 4) is 137 Å². The molecule has 29 aromatic rings. The van der Waals surface area contributed by atoms with Gasteiger partial charge in [0.05, 0.1) is 44.1 Å². The zero-order chi connectivity index (χ0) is 96.5. The van der Waals surface area contributed by atoms with Crippen molar-refractivity contribution in [3.05, 3.63) is 504 Å². The molecule has 682 valence electrons. The minimum atomic E-state index is 0.520. The summed E-state index contributed by atoms with van der Waals surface area (Å²) in [4.78, 5) is 54.3. The first-order valence-corrected chi connectivity index (χ1v) is 48.9. The Labute approximate surface area is 838 Å². The predicted molar refractivity (Wildman–Crippen MR) is 597 cm³/mol. The SMILES string of the molecule is c1ccc(-c2nc(-c3ccccc3)nc(-c3ccc(-c4ccc(-n5c6ccc7ccccc7c6c6c7ccccc7ccc65)cc4)cc3)n2)cc1.c1ccc(-c2nc(-c3ccccc3)nc(-c3ccc(-n4c5ccc6ccccc6c5c5c6ccccc6ccc54)nc3)n2)cc1.c1ccc(-c2nc(-c3ccccc3)nc(-c3cccc(-n4c5ccccc5c5cc6c7ccccc7n(-c7ccccc7)c6cc54)n3)n2)cc1. The molecular formula is C131H83N15. The van der Waals surface area contributed by atoms with Gasteiger partial charge in [-0.3, -0.25) is 9.13 Å². The molecule has 0 saturated heterocycles. The molecule has 0 fully saturated rings. The molecule has 146 heavy (non-hydrogen) atoms. The number of aromatic nitrogens is 15. The maximum absolute atomic E-state index is 5.26. The summed E-state index contributed by atoms with van der Waals surface area (Å²) in [6, 6.07) is 173. The van der Waals surface area contributed by atoms with Crippen molar-refractivity contribution < 1.29 is 0 Å². The summed E-state index contributed by atoms with van der Waals surface area (Å²) >= 11 is 0. The van der Waals surface area contributed by atoms with Gasteiger partial charge in [0, 0.05) is 105 Å². The van der Waals surface area contributed by atoms with Gasteiger partial charge in [-0.25, -0.2) is 54.8 Å². The van der Waals surface area contributed by atoms with E-state index in [0.29, 0.717) is 58.1 Å². The number of pyridine rings is 2. The highest BCUT2D eigenvalue weighted by Crippen LogP contribution is 2.46. The summed E-state index contributed by atoms with van der Waals surface area (Å²) in [5.41, 5.74) is 21.7. The van der Waals surface area contributed by atoms with Crippen LogP contribution < -0.4 is 0 Å². The van der Waals surface area contributed by atoms with Crippen LogP contribution in [0, 0.1) is 0 Å². The van der Waals surface area contributed by atoms with Crippen LogP contribution in [0.3, 0.4) is 0 Å². The predicted octanol–water partition coefficient (Wildman–Crippen LogP) is 32.1.